The lowest BCUT2D eigenvalue weighted by Gasteiger charge is -2.30. The molecule has 4 aromatic carbocycles. The first kappa shape index (κ1) is 23.9. The molecule has 2 amide bonds. The van der Waals surface area contributed by atoms with Crippen molar-refractivity contribution in [2.45, 2.75) is 13.1 Å². The lowest BCUT2D eigenvalue weighted by atomic mass is 10.1. The lowest BCUT2D eigenvalue weighted by molar-refractivity contribution is -0.117. The number of carbonyl (C=O) groups excluding carboxylic acids is 2. The van der Waals surface area contributed by atoms with Crippen molar-refractivity contribution in [3.63, 3.8) is 0 Å². The van der Waals surface area contributed by atoms with E-state index in [-0.39, 0.29) is 42.3 Å². The zero-order chi connectivity index (χ0) is 25.8. The van der Waals surface area contributed by atoms with E-state index in [0.29, 0.717) is 28.1 Å². The molecule has 0 aliphatic carbocycles. The van der Waals surface area contributed by atoms with Crippen molar-refractivity contribution >= 4 is 23.6 Å². The van der Waals surface area contributed by atoms with Gasteiger partial charge in [0.25, 0.3) is 11.8 Å². The Kier molecular flexibility index (Phi) is 6.76. The first-order chi connectivity index (χ1) is 18.0. The van der Waals surface area contributed by atoms with E-state index in [1.54, 1.807) is 71.6 Å². The molecule has 0 saturated heterocycles. The van der Waals surface area contributed by atoms with Crippen LogP contribution in [0.2, 0.25) is 0 Å². The van der Waals surface area contributed by atoms with Crippen molar-refractivity contribution in [2.75, 3.05) is 4.90 Å². The van der Waals surface area contributed by atoms with Gasteiger partial charge in [-0.25, -0.2) is 8.78 Å². The smallest absolute Gasteiger partial charge is 0.294 e. The third kappa shape index (κ3) is 5.56. The zero-order valence-corrected chi connectivity index (χ0v) is 19.7. The molecule has 5 nitrogen and oxygen atoms in total. The molecule has 7 heteroatoms. The maximum atomic E-state index is 13.7. The highest BCUT2D eigenvalue weighted by molar-refractivity contribution is 6.09. The van der Waals surface area contributed by atoms with E-state index in [9.17, 15) is 18.4 Å². The Morgan fingerprint density at radius 1 is 0.838 bits per heavy atom. The van der Waals surface area contributed by atoms with Gasteiger partial charge in [0.05, 0.1) is 12.2 Å². The fourth-order valence-corrected chi connectivity index (χ4v) is 4.01. The summed E-state index contributed by atoms with van der Waals surface area (Å²) in [5, 5.41) is 2.80. The normalized spacial score (nSPS) is 13.7. The highest BCUT2D eigenvalue weighted by atomic mass is 19.1. The van der Waals surface area contributed by atoms with Gasteiger partial charge >= 0.3 is 0 Å². The Morgan fingerprint density at radius 3 is 2.35 bits per heavy atom. The summed E-state index contributed by atoms with van der Waals surface area (Å²) >= 11 is 0. The Hall–Kier alpha value is -4.78. The molecule has 0 saturated carbocycles. The van der Waals surface area contributed by atoms with Gasteiger partial charge in [-0.15, -0.1) is 0 Å². The number of fused-ring (bicyclic) bond motifs is 1. The fourth-order valence-electron chi connectivity index (χ4n) is 4.01. The van der Waals surface area contributed by atoms with E-state index in [2.05, 4.69) is 5.32 Å². The van der Waals surface area contributed by atoms with Gasteiger partial charge in [-0.1, -0.05) is 48.5 Å². The molecule has 0 fully saturated rings. The summed E-state index contributed by atoms with van der Waals surface area (Å²) in [6.45, 7) is 0.454. The summed E-state index contributed by atoms with van der Waals surface area (Å²) in [7, 11) is 0. The second-order valence-electron chi connectivity index (χ2n) is 8.53. The van der Waals surface area contributed by atoms with Crippen LogP contribution in [0.3, 0.4) is 0 Å². The first-order valence-corrected chi connectivity index (χ1v) is 11.6. The molecule has 0 atom stereocenters. The quantitative estimate of drug-likeness (QED) is 0.340. The largest absolute Gasteiger partial charge is 0.449 e. The SMILES string of the molecule is O=C(NCc1ccc(F)cc1)c1ccc(C=C2Oc3ccccc3N(Cc3cccc(F)c3)C2=O)cc1. The van der Waals surface area contributed by atoms with Gasteiger partial charge < -0.3 is 10.1 Å². The number of hydrogen-bond donors (Lipinski definition) is 1. The van der Waals surface area contributed by atoms with Crippen LogP contribution in [0.4, 0.5) is 14.5 Å². The molecule has 37 heavy (non-hydrogen) atoms. The number of benzene rings is 4. The lowest BCUT2D eigenvalue weighted by Crippen LogP contribution is -2.36. The van der Waals surface area contributed by atoms with Gasteiger partial charge in [-0.3, -0.25) is 14.5 Å². The maximum absolute atomic E-state index is 13.7. The van der Waals surface area contributed by atoms with E-state index in [4.69, 9.17) is 4.74 Å². The molecule has 0 unspecified atom stereocenters. The van der Waals surface area contributed by atoms with Gasteiger partial charge in [0, 0.05) is 12.1 Å². The van der Waals surface area contributed by atoms with Crippen molar-refractivity contribution in [1.82, 2.24) is 5.32 Å². The van der Waals surface area contributed by atoms with Crippen LogP contribution in [-0.2, 0) is 17.9 Å². The highest BCUT2D eigenvalue weighted by Crippen LogP contribution is 2.36. The van der Waals surface area contributed by atoms with Crippen LogP contribution in [0.15, 0.2) is 103 Å². The maximum Gasteiger partial charge on any atom is 0.294 e. The van der Waals surface area contributed by atoms with Crippen LogP contribution in [0, 0.1) is 11.6 Å². The minimum absolute atomic E-state index is 0.114. The average molecular weight is 497 g/mol. The first-order valence-electron chi connectivity index (χ1n) is 11.6. The number of anilines is 1. The van der Waals surface area contributed by atoms with Crippen LogP contribution in [0.25, 0.3) is 6.08 Å². The van der Waals surface area contributed by atoms with E-state index < -0.39 is 0 Å². The summed E-state index contributed by atoms with van der Waals surface area (Å²) in [5.74, 6) is -0.706. The van der Waals surface area contributed by atoms with E-state index >= 15 is 0 Å². The molecule has 4 aromatic rings. The summed E-state index contributed by atoms with van der Waals surface area (Å²) in [6, 6.07) is 25.9. The number of ether oxygens (including phenoxy) is 1. The third-order valence-corrected chi connectivity index (χ3v) is 5.90. The van der Waals surface area contributed by atoms with Crippen LogP contribution in [0.1, 0.15) is 27.0 Å². The Labute approximate surface area is 212 Å². The molecule has 184 valence electrons. The van der Waals surface area contributed by atoms with E-state index in [1.807, 2.05) is 12.1 Å². The number of rotatable bonds is 6. The monoisotopic (exact) mass is 496 g/mol. The van der Waals surface area contributed by atoms with Crippen molar-refractivity contribution in [3.8, 4) is 5.75 Å². The number of nitrogens with one attached hydrogen (secondary N) is 1. The van der Waals surface area contributed by atoms with Crippen molar-refractivity contribution in [2.24, 2.45) is 0 Å². The van der Waals surface area contributed by atoms with Crippen molar-refractivity contribution < 1.29 is 23.1 Å². The summed E-state index contributed by atoms with van der Waals surface area (Å²) in [6.07, 6.45) is 1.61. The molecular weight excluding hydrogens is 474 g/mol. The van der Waals surface area contributed by atoms with Crippen LogP contribution in [0.5, 0.6) is 5.75 Å². The molecule has 5 rings (SSSR count). The number of halogens is 2. The molecule has 1 aliphatic rings. The predicted molar refractivity (Wildman–Crippen MR) is 137 cm³/mol. The summed E-state index contributed by atoms with van der Waals surface area (Å²) in [4.78, 5) is 27.4. The van der Waals surface area contributed by atoms with Crippen LogP contribution < -0.4 is 15.0 Å². The van der Waals surface area contributed by atoms with E-state index in [0.717, 1.165) is 5.56 Å². The summed E-state index contributed by atoms with van der Waals surface area (Å²) in [5.41, 5.74) is 3.15. The Balaban J connectivity index is 1.33. The Bertz CT molecular complexity index is 1480. The third-order valence-electron chi connectivity index (χ3n) is 5.90. The fraction of sp³-hybridized carbons (Fsp3) is 0.0667. The van der Waals surface area contributed by atoms with Crippen molar-refractivity contribution in [1.29, 1.82) is 0 Å². The molecule has 0 aromatic heterocycles. The highest BCUT2D eigenvalue weighted by Gasteiger charge is 2.30. The minimum Gasteiger partial charge on any atom is -0.449 e. The second kappa shape index (κ2) is 10.5. The molecule has 1 heterocycles. The Morgan fingerprint density at radius 2 is 1.59 bits per heavy atom. The van der Waals surface area contributed by atoms with Gasteiger partial charge in [0.2, 0.25) is 0 Å². The number of amides is 2. The molecular formula is C30H22F2N2O3. The van der Waals surface area contributed by atoms with Crippen LogP contribution >= 0.6 is 0 Å². The molecule has 1 aliphatic heterocycles. The number of nitrogens with zero attached hydrogens (tertiary/aromatic N) is 1. The van der Waals surface area contributed by atoms with E-state index in [1.165, 1.54) is 24.3 Å². The van der Waals surface area contributed by atoms with Gasteiger partial charge in [0.15, 0.2) is 11.5 Å². The average Bonchev–Trinajstić information content (AvgIpc) is 2.91. The molecule has 1 N–H and O–H groups in total. The zero-order valence-electron chi connectivity index (χ0n) is 19.7. The van der Waals surface area contributed by atoms with Gasteiger partial charge in [-0.05, 0) is 71.3 Å². The van der Waals surface area contributed by atoms with Crippen LogP contribution in [-0.4, -0.2) is 11.8 Å². The topological polar surface area (TPSA) is 58.6 Å². The standard InChI is InChI=1S/C30H22F2N2O3/c31-24-14-10-21(11-15-24)18-33-29(35)23-12-8-20(9-13-23)17-28-30(36)34(19-22-4-3-5-25(32)16-22)26-6-1-2-7-27(26)37-28/h1-17H,18-19H2,(H,33,35). The second-order valence-corrected chi connectivity index (χ2v) is 8.53. The number of para-hydroxylation sites is 2. The van der Waals surface area contributed by atoms with Gasteiger partial charge in [0.1, 0.15) is 11.6 Å². The predicted octanol–water partition coefficient (Wildman–Crippen LogP) is 5.86. The minimum atomic E-state index is -0.371. The van der Waals surface area contributed by atoms with Crippen molar-refractivity contribution in [3.05, 3.63) is 137 Å². The summed E-state index contributed by atoms with van der Waals surface area (Å²) < 4.78 is 32.7. The molecule has 0 spiro atoms. The van der Waals surface area contributed by atoms with Gasteiger partial charge in [-0.2, -0.15) is 0 Å². The number of hydrogen-bond acceptors (Lipinski definition) is 3. The molecule has 0 bridgehead atoms. The molecule has 0 radical (unpaired) electrons. The number of carbonyl (C=O) groups is 2.